The van der Waals surface area contributed by atoms with E-state index in [9.17, 15) is 29.1 Å². The molecule has 7 atom stereocenters. The van der Waals surface area contributed by atoms with E-state index >= 15 is 0 Å². The minimum Gasteiger partial charge on any atom is -0.481 e. The number of aliphatic hydroxyl groups is 1. The summed E-state index contributed by atoms with van der Waals surface area (Å²) in [6.45, 7) is 1.65. The predicted octanol–water partition coefficient (Wildman–Crippen LogP) is 2.26. The summed E-state index contributed by atoms with van der Waals surface area (Å²) in [5, 5.41) is 20.0. The number of carboxylic acid groups (broad SMARTS) is 1. The Morgan fingerprint density at radius 2 is 1.94 bits per heavy atom. The Bertz CT molecular complexity index is 906. The maximum Gasteiger partial charge on any atom is 0.306 e. The van der Waals surface area contributed by atoms with Gasteiger partial charge in [0.1, 0.15) is 12.9 Å². The highest BCUT2D eigenvalue weighted by atomic mass is 16.5. The fourth-order valence-corrected chi connectivity index (χ4v) is 7.60. The number of rotatable bonds is 7. The number of carbonyl (C=O) groups is 5. The highest BCUT2D eigenvalue weighted by Crippen LogP contribution is 2.66. The number of aliphatic carboxylic acids is 1. The number of aldehydes is 1. The number of esters is 1. The molecule has 180 valence electrons. The van der Waals surface area contributed by atoms with Crippen LogP contribution < -0.4 is 0 Å². The summed E-state index contributed by atoms with van der Waals surface area (Å²) in [7, 11) is 0. The van der Waals surface area contributed by atoms with Crippen molar-refractivity contribution in [1.29, 1.82) is 0 Å². The van der Waals surface area contributed by atoms with E-state index < -0.39 is 36.0 Å². The molecule has 3 saturated carbocycles. The van der Waals surface area contributed by atoms with Crippen LogP contribution >= 0.6 is 0 Å². The van der Waals surface area contributed by atoms with Crippen LogP contribution in [0.1, 0.15) is 64.7 Å². The van der Waals surface area contributed by atoms with Gasteiger partial charge in [0.15, 0.2) is 11.6 Å². The van der Waals surface area contributed by atoms with Crippen LogP contribution in [0.3, 0.4) is 0 Å². The molecule has 0 heterocycles. The molecule has 2 N–H and O–H groups in total. The van der Waals surface area contributed by atoms with Gasteiger partial charge in [0, 0.05) is 17.8 Å². The van der Waals surface area contributed by atoms with Crippen LogP contribution in [0.25, 0.3) is 0 Å². The molecular weight excluding hydrogens is 428 g/mol. The number of carbonyl (C=O) groups excluding carboxylic acids is 4. The normalized spacial score (nSPS) is 39.5. The van der Waals surface area contributed by atoms with Gasteiger partial charge < -0.3 is 19.7 Å². The van der Waals surface area contributed by atoms with Gasteiger partial charge in [-0.25, -0.2) is 0 Å². The molecule has 0 aromatic carbocycles. The summed E-state index contributed by atoms with van der Waals surface area (Å²) in [6, 6.07) is 0. The Hall–Kier alpha value is -2.35. The Kier molecular flexibility index (Phi) is 6.33. The zero-order chi connectivity index (χ0) is 24.0. The molecule has 0 amide bonds. The predicted molar refractivity (Wildman–Crippen MR) is 115 cm³/mol. The van der Waals surface area contributed by atoms with Gasteiger partial charge in [0.25, 0.3) is 0 Å². The SMILES string of the molecule is C[C@]12CCC(=O)C=C1CC[C@@H]1[C@@H]2[C@@H](O)C[C@]2(C=O)[C@@H](C(=O)COC(=O)CCC(=O)O)CC[C@@H]12. The van der Waals surface area contributed by atoms with Crippen LogP contribution in [0.5, 0.6) is 0 Å². The Morgan fingerprint density at radius 1 is 1.18 bits per heavy atom. The van der Waals surface area contributed by atoms with Crippen molar-refractivity contribution in [2.45, 2.75) is 70.8 Å². The summed E-state index contributed by atoms with van der Waals surface area (Å²) in [5.74, 6) is -2.70. The lowest BCUT2D eigenvalue weighted by Gasteiger charge is -2.59. The van der Waals surface area contributed by atoms with Crippen molar-refractivity contribution < 1.29 is 38.9 Å². The molecule has 8 nitrogen and oxygen atoms in total. The standard InChI is InChI=1S/C25H32O8/c1-24-9-8-15(27)10-14(24)2-3-16-17-4-5-18(25(17,13-26)11-19(28)23(16)24)20(29)12-33-22(32)7-6-21(30)31/h10,13,16-19,23,28H,2-9,11-12H2,1H3,(H,30,31)/t16-,17-,18+,19-,23+,24-,25+/m0/s1. The molecule has 0 aromatic rings. The number of Topliss-reactive ketones (excluding diaryl/α,β-unsaturated/α-hetero) is 1. The van der Waals surface area contributed by atoms with Gasteiger partial charge in [-0.15, -0.1) is 0 Å². The monoisotopic (exact) mass is 460 g/mol. The lowest BCUT2D eigenvalue weighted by atomic mass is 9.45. The average molecular weight is 461 g/mol. The second-order valence-electron chi connectivity index (χ2n) is 10.5. The summed E-state index contributed by atoms with van der Waals surface area (Å²) in [5.41, 5.74) is -0.142. The number of carboxylic acids is 1. The third kappa shape index (κ3) is 3.96. The van der Waals surface area contributed by atoms with Crippen molar-refractivity contribution in [3.8, 4) is 0 Å². The topological polar surface area (TPSA) is 135 Å². The lowest BCUT2D eigenvalue weighted by Crippen LogP contribution is -2.58. The Balaban J connectivity index is 1.52. The summed E-state index contributed by atoms with van der Waals surface area (Å²) < 4.78 is 5.00. The van der Waals surface area contributed by atoms with Crippen LogP contribution in [-0.2, 0) is 28.7 Å². The molecule has 4 aliphatic rings. The highest BCUT2D eigenvalue weighted by Gasteiger charge is 2.64. The second-order valence-corrected chi connectivity index (χ2v) is 10.5. The molecule has 3 fully saturated rings. The van der Waals surface area contributed by atoms with Gasteiger partial charge in [0.2, 0.25) is 0 Å². The first-order chi connectivity index (χ1) is 15.6. The van der Waals surface area contributed by atoms with Crippen molar-refractivity contribution in [2.75, 3.05) is 6.61 Å². The van der Waals surface area contributed by atoms with E-state index in [2.05, 4.69) is 6.92 Å². The first-order valence-corrected chi connectivity index (χ1v) is 11.9. The second kappa shape index (κ2) is 8.78. The summed E-state index contributed by atoms with van der Waals surface area (Å²) in [4.78, 5) is 59.9. The number of ketones is 2. The van der Waals surface area contributed by atoms with Crippen molar-refractivity contribution in [3.05, 3.63) is 11.6 Å². The van der Waals surface area contributed by atoms with Gasteiger partial charge >= 0.3 is 11.9 Å². The molecular formula is C25H32O8. The van der Waals surface area contributed by atoms with E-state index in [1.54, 1.807) is 6.08 Å². The van der Waals surface area contributed by atoms with Crippen molar-refractivity contribution in [1.82, 2.24) is 0 Å². The molecule has 4 rings (SSSR count). The number of fused-ring (bicyclic) bond motifs is 5. The Labute approximate surface area is 192 Å². The van der Waals surface area contributed by atoms with Gasteiger partial charge in [-0.1, -0.05) is 12.5 Å². The molecule has 4 aliphatic carbocycles. The third-order valence-electron chi connectivity index (χ3n) is 9.03. The van der Waals surface area contributed by atoms with E-state index in [1.165, 1.54) is 0 Å². The van der Waals surface area contributed by atoms with Gasteiger partial charge in [-0.05, 0) is 67.8 Å². The van der Waals surface area contributed by atoms with Gasteiger partial charge in [-0.3, -0.25) is 19.2 Å². The minimum absolute atomic E-state index is 0.0314. The van der Waals surface area contributed by atoms with Crippen LogP contribution in [0.15, 0.2) is 11.6 Å². The number of aliphatic hydroxyl groups excluding tert-OH is 1. The molecule has 0 bridgehead atoms. The molecule has 8 heteroatoms. The highest BCUT2D eigenvalue weighted by molar-refractivity contribution is 5.92. The number of allylic oxidation sites excluding steroid dienone is 1. The van der Waals surface area contributed by atoms with Gasteiger partial charge in [-0.2, -0.15) is 0 Å². The van der Waals surface area contributed by atoms with E-state index in [1.807, 2.05) is 0 Å². The van der Waals surface area contributed by atoms with E-state index in [0.29, 0.717) is 25.7 Å². The van der Waals surface area contributed by atoms with Crippen LogP contribution in [0.4, 0.5) is 0 Å². The van der Waals surface area contributed by atoms with E-state index in [-0.39, 0.29) is 54.0 Å². The fraction of sp³-hybridized carbons (Fsp3) is 0.720. The third-order valence-corrected chi connectivity index (χ3v) is 9.03. The minimum atomic E-state index is -1.12. The first-order valence-electron chi connectivity index (χ1n) is 11.9. The number of hydrogen-bond donors (Lipinski definition) is 2. The average Bonchev–Trinajstić information content (AvgIpc) is 3.15. The van der Waals surface area contributed by atoms with Crippen molar-refractivity contribution >= 4 is 29.8 Å². The molecule has 0 saturated heterocycles. The smallest absolute Gasteiger partial charge is 0.306 e. The summed E-state index contributed by atoms with van der Waals surface area (Å²) >= 11 is 0. The quantitative estimate of drug-likeness (QED) is 0.436. The fourth-order valence-electron chi connectivity index (χ4n) is 7.60. The molecule has 0 aromatic heterocycles. The number of hydrogen-bond acceptors (Lipinski definition) is 7. The zero-order valence-electron chi connectivity index (χ0n) is 19.0. The maximum absolute atomic E-state index is 13.0. The molecule has 33 heavy (non-hydrogen) atoms. The van der Waals surface area contributed by atoms with Gasteiger partial charge in [0.05, 0.1) is 18.9 Å². The van der Waals surface area contributed by atoms with E-state index in [0.717, 1.165) is 24.7 Å². The summed E-state index contributed by atoms with van der Waals surface area (Å²) in [6.07, 6.45) is 5.29. The molecule has 0 spiro atoms. The molecule has 0 aliphatic heterocycles. The maximum atomic E-state index is 13.0. The van der Waals surface area contributed by atoms with Crippen LogP contribution in [0.2, 0.25) is 0 Å². The molecule has 0 unspecified atom stereocenters. The van der Waals surface area contributed by atoms with Crippen LogP contribution in [-0.4, -0.2) is 52.7 Å². The number of ether oxygens (including phenoxy) is 1. The lowest BCUT2D eigenvalue weighted by molar-refractivity contribution is -0.160. The van der Waals surface area contributed by atoms with E-state index in [4.69, 9.17) is 9.84 Å². The first kappa shape index (κ1) is 23.8. The zero-order valence-corrected chi connectivity index (χ0v) is 19.0. The largest absolute Gasteiger partial charge is 0.481 e. The van der Waals surface area contributed by atoms with Crippen molar-refractivity contribution in [3.63, 3.8) is 0 Å². The Morgan fingerprint density at radius 3 is 2.64 bits per heavy atom. The van der Waals surface area contributed by atoms with Crippen LogP contribution in [0, 0.1) is 34.5 Å². The molecule has 0 radical (unpaired) electrons. The van der Waals surface area contributed by atoms with Crippen molar-refractivity contribution in [2.24, 2.45) is 34.5 Å².